The number of fused-ring (bicyclic) bond motifs is 1. The zero-order valence-corrected chi connectivity index (χ0v) is 16.4. The van der Waals surface area contributed by atoms with Crippen LogP contribution < -0.4 is 10.1 Å². The quantitative estimate of drug-likeness (QED) is 0.697. The fourth-order valence-electron chi connectivity index (χ4n) is 3.43. The number of halogens is 1. The van der Waals surface area contributed by atoms with E-state index in [0.29, 0.717) is 34.7 Å². The summed E-state index contributed by atoms with van der Waals surface area (Å²) < 4.78 is 5.19. The second kappa shape index (κ2) is 8.01. The van der Waals surface area contributed by atoms with Gasteiger partial charge in [-0.2, -0.15) is 0 Å². The molecular formula is C22H18ClN3O3. The normalized spacial score (nSPS) is 15.5. The average molecular weight is 408 g/mol. The van der Waals surface area contributed by atoms with E-state index in [1.807, 2.05) is 24.3 Å². The van der Waals surface area contributed by atoms with Crippen LogP contribution in [-0.2, 0) is 6.42 Å². The molecule has 1 atom stereocenters. The summed E-state index contributed by atoms with van der Waals surface area (Å²) in [5.74, 6) is 0.531. The summed E-state index contributed by atoms with van der Waals surface area (Å²) in [4.78, 5) is 33.6. The number of nitrogens with zero attached hydrogens (tertiary/aromatic N) is 2. The first kappa shape index (κ1) is 19.1. The minimum absolute atomic E-state index is 0.00366. The smallest absolute Gasteiger partial charge is 0.259 e. The summed E-state index contributed by atoms with van der Waals surface area (Å²) in [5.41, 5.74) is 2.52. The Balaban J connectivity index is 1.57. The van der Waals surface area contributed by atoms with Crippen LogP contribution in [0.3, 0.4) is 0 Å². The molecule has 0 saturated carbocycles. The van der Waals surface area contributed by atoms with E-state index in [2.05, 4.69) is 15.3 Å². The summed E-state index contributed by atoms with van der Waals surface area (Å²) in [6.45, 7) is 0. The molecule has 3 aromatic rings. The number of benzene rings is 2. The summed E-state index contributed by atoms with van der Waals surface area (Å²) in [6, 6.07) is 14.4. The van der Waals surface area contributed by atoms with Gasteiger partial charge in [0.05, 0.1) is 29.0 Å². The molecule has 0 radical (unpaired) electrons. The van der Waals surface area contributed by atoms with Gasteiger partial charge in [-0.25, -0.2) is 9.97 Å². The van der Waals surface area contributed by atoms with Gasteiger partial charge in [0, 0.05) is 12.6 Å². The van der Waals surface area contributed by atoms with Crippen molar-refractivity contribution in [2.75, 3.05) is 12.4 Å². The third-order valence-corrected chi connectivity index (χ3v) is 5.30. The summed E-state index contributed by atoms with van der Waals surface area (Å²) in [7, 11) is 1.62. The predicted octanol–water partition coefficient (Wildman–Crippen LogP) is 4.30. The van der Waals surface area contributed by atoms with Crippen LogP contribution in [-0.4, -0.2) is 28.8 Å². The molecule has 0 spiro atoms. The lowest BCUT2D eigenvalue weighted by Crippen LogP contribution is -2.22. The zero-order chi connectivity index (χ0) is 20.4. The van der Waals surface area contributed by atoms with Gasteiger partial charge in [0.25, 0.3) is 5.91 Å². The number of rotatable bonds is 4. The van der Waals surface area contributed by atoms with Gasteiger partial charge < -0.3 is 4.74 Å². The maximum atomic E-state index is 12.6. The Bertz CT molecular complexity index is 1080. The van der Waals surface area contributed by atoms with Crippen LogP contribution in [0.25, 0.3) is 0 Å². The van der Waals surface area contributed by atoms with Crippen molar-refractivity contribution in [3.05, 3.63) is 82.1 Å². The van der Waals surface area contributed by atoms with E-state index < -0.39 is 5.91 Å². The lowest BCUT2D eigenvalue weighted by atomic mass is 9.82. The average Bonchev–Trinajstić information content (AvgIpc) is 2.73. The largest absolute Gasteiger partial charge is 0.497 e. The van der Waals surface area contributed by atoms with Crippen molar-refractivity contribution in [2.45, 2.75) is 18.8 Å². The Morgan fingerprint density at radius 1 is 1.14 bits per heavy atom. The molecule has 0 fully saturated rings. The van der Waals surface area contributed by atoms with Crippen molar-refractivity contribution in [1.82, 2.24) is 9.97 Å². The van der Waals surface area contributed by atoms with Crippen molar-refractivity contribution < 1.29 is 14.3 Å². The van der Waals surface area contributed by atoms with E-state index in [9.17, 15) is 9.59 Å². The van der Waals surface area contributed by atoms with Gasteiger partial charge in [0.1, 0.15) is 5.75 Å². The first-order chi connectivity index (χ1) is 14.0. The summed E-state index contributed by atoms with van der Waals surface area (Å²) in [6.07, 6.45) is 2.47. The van der Waals surface area contributed by atoms with Crippen molar-refractivity contribution in [3.63, 3.8) is 0 Å². The van der Waals surface area contributed by atoms with E-state index in [1.54, 1.807) is 31.4 Å². The van der Waals surface area contributed by atoms with Gasteiger partial charge in [-0.1, -0.05) is 35.9 Å². The molecule has 1 N–H and O–H groups in total. The molecule has 6 nitrogen and oxygen atoms in total. The van der Waals surface area contributed by atoms with E-state index in [0.717, 1.165) is 11.3 Å². The molecule has 146 valence electrons. The third-order valence-electron chi connectivity index (χ3n) is 4.97. The highest BCUT2D eigenvalue weighted by Crippen LogP contribution is 2.32. The van der Waals surface area contributed by atoms with Gasteiger partial charge in [0.2, 0.25) is 5.95 Å². The van der Waals surface area contributed by atoms with Crippen LogP contribution in [0.5, 0.6) is 5.75 Å². The predicted molar refractivity (Wildman–Crippen MR) is 110 cm³/mol. The zero-order valence-electron chi connectivity index (χ0n) is 15.7. The number of ketones is 1. The highest BCUT2D eigenvalue weighted by atomic mass is 35.5. The fourth-order valence-corrected chi connectivity index (χ4v) is 3.65. The van der Waals surface area contributed by atoms with Gasteiger partial charge in [0.15, 0.2) is 5.78 Å². The number of aromatic nitrogens is 2. The molecule has 1 aliphatic rings. The van der Waals surface area contributed by atoms with Gasteiger partial charge in [-0.3, -0.25) is 14.9 Å². The molecule has 0 aliphatic heterocycles. The van der Waals surface area contributed by atoms with Gasteiger partial charge in [-0.15, -0.1) is 0 Å². The molecule has 2 aromatic carbocycles. The molecule has 1 aromatic heterocycles. The minimum Gasteiger partial charge on any atom is -0.497 e. The highest BCUT2D eigenvalue weighted by Gasteiger charge is 2.28. The van der Waals surface area contributed by atoms with Crippen molar-refractivity contribution in [2.24, 2.45) is 0 Å². The monoisotopic (exact) mass is 407 g/mol. The van der Waals surface area contributed by atoms with E-state index >= 15 is 0 Å². The number of carbonyl (C=O) groups is 2. The fraction of sp³-hybridized carbons (Fsp3) is 0.182. The Morgan fingerprint density at radius 3 is 2.62 bits per heavy atom. The number of hydrogen-bond donors (Lipinski definition) is 1. The number of methoxy groups -OCH3 is 1. The molecule has 29 heavy (non-hydrogen) atoms. The number of Topliss-reactive ketones (excluding diaryl/α,β-unsaturated/α-hetero) is 1. The second-order valence-corrected chi connectivity index (χ2v) is 7.20. The number of ether oxygens (including phenoxy) is 1. The Morgan fingerprint density at radius 2 is 1.90 bits per heavy atom. The SMILES string of the molecule is COc1ccc([C@H]2CC(=O)c3cnc(NC(=O)c4ccccc4Cl)nc3C2)cc1. The maximum Gasteiger partial charge on any atom is 0.259 e. The van der Waals surface area contributed by atoms with Gasteiger partial charge in [-0.05, 0) is 42.2 Å². The molecule has 1 heterocycles. The van der Waals surface area contributed by atoms with Crippen LogP contribution in [0.4, 0.5) is 5.95 Å². The Kier molecular flexibility index (Phi) is 5.27. The van der Waals surface area contributed by atoms with Crippen molar-refractivity contribution >= 4 is 29.2 Å². The van der Waals surface area contributed by atoms with Crippen LogP contribution in [0.1, 0.15) is 44.3 Å². The molecule has 1 aliphatic carbocycles. The number of nitrogens with one attached hydrogen (secondary N) is 1. The molecule has 0 unspecified atom stereocenters. The Hall–Kier alpha value is -3.25. The van der Waals surface area contributed by atoms with E-state index in [-0.39, 0.29) is 17.6 Å². The van der Waals surface area contributed by atoms with E-state index in [4.69, 9.17) is 16.3 Å². The van der Waals surface area contributed by atoms with Crippen LogP contribution in [0.15, 0.2) is 54.7 Å². The summed E-state index contributed by atoms with van der Waals surface area (Å²) >= 11 is 6.07. The first-order valence-corrected chi connectivity index (χ1v) is 9.52. The lowest BCUT2D eigenvalue weighted by Gasteiger charge is -2.23. The van der Waals surface area contributed by atoms with Crippen molar-refractivity contribution in [1.29, 1.82) is 0 Å². The third kappa shape index (κ3) is 3.98. The Labute approximate surface area is 172 Å². The lowest BCUT2D eigenvalue weighted by molar-refractivity contribution is 0.0962. The number of anilines is 1. The number of hydrogen-bond acceptors (Lipinski definition) is 5. The topological polar surface area (TPSA) is 81.2 Å². The molecular weight excluding hydrogens is 390 g/mol. The maximum absolute atomic E-state index is 12.6. The molecule has 7 heteroatoms. The minimum atomic E-state index is -0.399. The van der Waals surface area contributed by atoms with Crippen molar-refractivity contribution in [3.8, 4) is 5.75 Å². The van der Waals surface area contributed by atoms with Crippen LogP contribution in [0.2, 0.25) is 5.02 Å². The second-order valence-electron chi connectivity index (χ2n) is 6.79. The summed E-state index contributed by atoms with van der Waals surface area (Å²) in [5, 5.41) is 3.01. The molecule has 0 bridgehead atoms. The molecule has 4 rings (SSSR count). The number of carbonyl (C=O) groups excluding carboxylic acids is 2. The standard InChI is InChI=1S/C22H18ClN3O3/c1-29-15-8-6-13(7-9-15)14-10-19-17(20(27)11-14)12-24-22(25-19)26-21(28)16-4-2-3-5-18(16)23/h2-9,12,14H,10-11H2,1H3,(H,24,25,26,28)/t14-/m1/s1. The van der Waals surface area contributed by atoms with Crippen LogP contribution >= 0.6 is 11.6 Å². The van der Waals surface area contributed by atoms with Gasteiger partial charge >= 0.3 is 0 Å². The molecule has 0 saturated heterocycles. The molecule has 1 amide bonds. The first-order valence-electron chi connectivity index (χ1n) is 9.14. The number of amides is 1. The highest BCUT2D eigenvalue weighted by molar-refractivity contribution is 6.34. The van der Waals surface area contributed by atoms with E-state index in [1.165, 1.54) is 6.20 Å². The van der Waals surface area contributed by atoms with Crippen LogP contribution in [0, 0.1) is 0 Å².